The zero-order valence-corrected chi connectivity index (χ0v) is 17.1. The highest BCUT2D eigenvalue weighted by molar-refractivity contribution is 5.95. The average Bonchev–Trinajstić information content (AvgIpc) is 2.72. The number of aryl methyl sites for hydroxylation is 1. The number of halogens is 1. The number of rotatable bonds is 6. The SMILES string of the molecule is Cc1ccc(-c2cc(C(=O)N[C@H](CO)C(C)C)c(=O)n(-c3cccc(F)c3)n2)cc1. The number of aliphatic hydroxyl groups is 1. The second-order valence-corrected chi connectivity index (χ2v) is 7.51. The molecule has 1 aromatic heterocycles. The molecule has 3 rings (SSSR count). The zero-order valence-electron chi connectivity index (χ0n) is 17.1. The van der Waals surface area contributed by atoms with Crippen LogP contribution in [0.25, 0.3) is 16.9 Å². The van der Waals surface area contributed by atoms with Crippen LogP contribution < -0.4 is 10.9 Å². The van der Waals surface area contributed by atoms with Crippen molar-refractivity contribution < 1.29 is 14.3 Å². The van der Waals surface area contributed by atoms with Crippen molar-refractivity contribution in [3.8, 4) is 16.9 Å². The van der Waals surface area contributed by atoms with Crippen LogP contribution in [0.5, 0.6) is 0 Å². The molecule has 0 aliphatic rings. The Morgan fingerprint density at radius 3 is 2.47 bits per heavy atom. The Hall–Kier alpha value is -3.32. The number of nitrogens with one attached hydrogen (secondary N) is 1. The quantitative estimate of drug-likeness (QED) is 0.655. The molecule has 7 heteroatoms. The Morgan fingerprint density at radius 2 is 1.87 bits per heavy atom. The number of aromatic nitrogens is 2. The van der Waals surface area contributed by atoms with Crippen LogP contribution in [0.15, 0.2) is 59.4 Å². The minimum atomic E-state index is -0.672. The molecule has 30 heavy (non-hydrogen) atoms. The van der Waals surface area contributed by atoms with Crippen molar-refractivity contribution in [3.05, 3.63) is 81.9 Å². The van der Waals surface area contributed by atoms with Crippen LogP contribution in [-0.4, -0.2) is 33.4 Å². The van der Waals surface area contributed by atoms with E-state index in [1.807, 2.05) is 45.0 Å². The molecule has 0 saturated heterocycles. The minimum absolute atomic E-state index is 0.0252. The van der Waals surface area contributed by atoms with E-state index in [2.05, 4.69) is 10.4 Å². The predicted molar refractivity (Wildman–Crippen MR) is 113 cm³/mol. The third-order valence-electron chi connectivity index (χ3n) is 4.87. The second kappa shape index (κ2) is 9.00. The molecule has 0 radical (unpaired) electrons. The highest BCUT2D eigenvalue weighted by Gasteiger charge is 2.21. The lowest BCUT2D eigenvalue weighted by Crippen LogP contribution is -2.43. The monoisotopic (exact) mass is 409 g/mol. The van der Waals surface area contributed by atoms with Gasteiger partial charge < -0.3 is 10.4 Å². The summed E-state index contributed by atoms with van der Waals surface area (Å²) in [5, 5.41) is 16.6. The molecule has 1 amide bonds. The van der Waals surface area contributed by atoms with Crippen LogP contribution in [0.4, 0.5) is 4.39 Å². The zero-order chi connectivity index (χ0) is 21.8. The summed E-state index contributed by atoms with van der Waals surface area (Å²) in [5.41, 5.74) is 1.57. The molecular formula is C23H24FN3O3. The molecule has 156 valence electrons. The third-order valence-corrected chi connectivity index (χ3v) is 4.87. The van der Waals surface area contributed by atoms with Gasteiger partial charge in [-0.15, -0.1) is 0 Å². The fraction of sp³-hybridized carbons (Fsp3) is 0.261. The highest BCUT2D eigenvalue weighted by Crippen LogP contribution is 2.19. The largest absolute Gasteiger partial charge is 0.394 e. The van der Waals surface area contributed by atoms with E-state index >= 15 is 0 Å². The van der Waals surface area contributed by atoms with Crippen molar-refractivity contribution in [2.24, 2.45) is 5.92 Å². The molecule has 2 aromatic carbocycles. The van der Waals surface area contributed by atoms with Crippen LogP contribution in [-0.2, 0) is 0 Å². The molecule has 0 saturated carbocycles. The number of carbonyl (C=O) groups excluding carboxylic acids is 1. The van der Waals surface area contributed by atoms with Gasteiger partial charge in [-0.3, -0.25) is 9.59 Å². The van der Waals surface area contributed by atoms with Gasteiger partial charge >= 0.3 is 0 Å². The summed E-state index contributed by atoms with van der Waals surface area (Å²) < 4.78 is 14.8. The van der Waals surface area contributed by atoms with Gasteiger partial charge in [0.2, 0.25) is 0 Å². The molecule has 1 heterocycles. The Kier molecular flexibility index (Phi) is 6.42. The first-order chi connectivity index (χ1) is 14.3. The van der Waals surface area contributed by atoms with E-state index in [0.29, 0.717) is 11.3 Å². The minimum Gasteiger partial charge on any atom is -0.394 e. The molecule has 0 bridgehead atoms. The summed E-state index contributed by atoms with van der Waals surface area (Å²) in [6, 6.07) is 13.8. The topological polar surface area (TPSA) is 84.2 Å². The summed E-state index contributed by atoms with van der Waals surface area (Å²) in [6.07, 6.45) is 0. The molecule has 0 aliphatic carbocycles. The number of nitrogens with zero attached hydrogens (tertiary/aromatic N) is 2. The van der Waals surface area contributed by atoms with Crippen molar-refractivity contribution in [1.29, 1.82) is 0 Å². The maximum absolute atomic E-state index is 13.8. The molecule has 0 fully saturated rings. The second-order valence-electron chi connectivity index (χ2n) is 7.51. The first-order valence-corrected chi connectivity index (χ1v) is 9.69. The van der Waals surface area contributed by atoms with Gasteiger partial charge in [0, 0.05) is 5.56 Å². The van der Waals surface area contributed by atoms with Crippen molar-refractivity contribution in [2.45, 2.75) is 26.8 Å². The van der Waals surface area contributed by atoms with Gasteiger partial charge in [-0.2, -0.15) is 9.78 Å². The number of amides is 1. The number of hydrogen-bond donors (Lipinski definition) is 2. The van der Waals surface area contributed by atoms with Gasteiger partial charge in [-0.05, 0) is 37.1 Å². The third kappa shape index (κ3) is 4.63. The summed E-state index contributed by atoms with van der Waals surface area (Å²) >= 11 is 0. The Labute approximate surface area is 174 Å². The Bertz CT molecular complexity index is 1110. The number of carbonyl (C=O) groups is 1. The van der Waals surface area contributed by atoms with E-state index in [-0.39, 0.29) is 23.8 Å². The fourth-order valence-corrected chi connectivity index (χ4v) is 2.97. The molecule has 0 aliphatic heterocycles. The molecule has 0 spiro atoms. The lowest BCUT2D eigenvalue weighted by Gasteiger charge is -2.20. The van der Waals surface area contributed by atoms with Crippen LogP contribution in [0.1, 0.15) is 29.8 Å². The number of benzene rings is 2. The molecule has 3 aromatic rings. The van der Waals surface area contributed by atoms with Gasteiger partial charge in [0.25, 0.3) is 11.5 Å². The smallest absolute Gasteiger partial charge is 0.284 e. The van der Waals surface area contributed by atoms with Crippen molar-refractivity contribution in [1.82, 2.24) is 15.1 Å². The number of aliphatic hydroxyl groups excluding tert-OH is 1. The first kappa shape index (κ1) is 21.4. The van der Waals surface area contributed by atoms with E-state index in [4.69, 9.17) is 0 Å². The Morgan fingerprint density at radius 1 is 1.17 bits per heavy atom. The molecule has 1 atom stereocenters. The normalized spacial score (nSPS) is 12.1. The van der Waals surface area contributed by atoms with Gasteiger partial charge in [0.15, 0.2) is 0 Å². The van der Waals surface area contributed by atoms with Crippen LogP contribution in [0.2, 0.25) is 0 Å². The van der Waals surface area contributed by atoms with E-state index in [1.54, 1.807) is 6.07 Å². The predicted octanol–water partition coefficient (Wildman–Crippen LogP) is 3.09. The van der Waals surface area contributed by atoms with Crippen LogP contribution in [0.3, 0.4) is 0 Å². The number of hydrogen-bond acceptors (Lipinski definition) is 4. The van der Waals surface area contributed by atoms with Crippen molar-refractivity contribution >= 4 is 5.91 Å². The molecule has 6 nitrogen and oxygen atoms in total. The van der Waals surface area contributed by atoms with E-state index < -0.39 is 23.3 Å². The van der Waals surface area contributed by atoms with Gasteiger partial charge in [0.05, 0.1) is 24.0 Å². The molecule has 0 unspecified atom stereocenters. The summed E-state index contributed by atoms with van der Waals surface area (Å²) in [6.45, 7) is 5.41. The molecular weight excluding hydrogens is 385 g/mol. The Balaban J connectivity index is 2.16. The first-order valence-electron chi connectivity index (χ1n) is 9.69. The van der Waals surface area contributed by atoms with Gasteiger partial charge in [-0.25, -0.2) is 4.39 Å². The van der Waals surface area contributed by atoms with E-state index in [9.17, 15) is 19.1 Å². The maximum atomic E-state index is 13.8. The molecule has 2 N–H and O–H groups in total. The maximum Gasteiger partial charge on any atom is 0.284 e. The summed E-state index contributed by atoms with van der Waals surface area (Å²) in [4.78, 5) is 25.9. The lowest BCUT2D eigenvalue weighted by atomic mass is 10.0. The standard InChI is InChI=1S/C23H24FN3O3/c1-14(2)21(13-28)25-22(29)19-12-20(16-9-7-15(3)8-10-16)26-27(23(19)30)18-6-4-5-17(24)11-18/h4-12,14,21,28H,13H2,1-3H3,(H,25,29)/t21-/m1/s1. The lowest BCUT2D eigenvalue weighted by molar-refractivity contribution is 0.0894. The highest BCUT2D eigenvalue weighted by atomic mass is 19.1. The summed E-state index contributed by atoms with van der Waals surface area (Å²) in [7, 11) is 0. The summed E-state index contributed by atoms with van der Waals surface area (Å²) in [5.74, 6) is -1.16. The van der Waals surface area contributed by atoms with Crippen molar-refractivity contribution in [2.75, 3.05) is 6.61 Å². The van der Waals surface area contributed by atoms with Gasteiger partial charge in [-0.1, -0.05) is 49.7 Å². The van der Waals surface area contributed by atoms with Crippen LogP contribution >= 0.6 is 0 Å². The van der Waals surface area contributed by atoms with Crippen molar-refractivity contribution in [3.63, 3.8) is 0 Å². The fourth-order valence-electron chi connectivity index (χ4n) is 2.97. The average molecular weight is 409 g/mol. The van der Waals surface area contributed by atoms with E-state index in [1.165, 1.54) is 24.3 Å². The van der Waals surface area contributed by atoms with E-state index in [0.717, 1.165) is 10.2 Å². The van der Waals surface area contributed by atoms with Crippen LogP contribution in [0, 0.1) is 18.7 Å². The van der Waals surface area contributed by atoms with Gasteiger partial charge in [0.1, 0.15) is 11.4 Å².